The van der Waals surface area contributed by atoms with Gasteiger partial charge in [-0.2, -0.15) is 0 Å². The molecule has 6 nitrogen and oxygen atoms in total. The summed E-state index contributed by atoms with van der Waals surface area (Å²) in [4.78, 5) is 15.9. The number of carbonyl (C=O) groups is 1. The van der Waals surface area contributed by atoms with Crippen molar-refractivity contribution in [3.05, 3.63) is 53.2 Å². The number of nitrogens with two attached hydrogens (primary N) is 1. The molecule has 1 aromatic heterocycles. The highest BCUT2D eigenvalue weighted by molar-refractivity contribution is 5.81. The molecule has 0 aliphatic carbocycles. The summed E-state index contributed by atoms with van der Waals surface area (Å²) in [5.74, 6) is 0.767. The third-order valence-electron chi connectivity index (χ3n) is 3.44. The number of amides is 1. The minimum absolute atomic E-state index is 0.223. The quantitative estimate of drug-likeness (QED) is 0.749. The molecule has 0 saturated heterocycles. The Kier molecular flexibility index (Phi) is 5.67. The first kappa shape index (κ1) is 16.9. The Morgan fingerprint density at radius 3 is 2.65 bits per heavy atom. The largest absolute Gasteiger partial charge is 0.438 e. The fraction of sp³-hybridized carbons (Fsp3) is 0.294. The topological polar surface area (TPSA) is 97.5 Å². The molecule has 23 heavy (non-hydrogen) atoms. The average Bonchev–Trinajstić information content (AvgIpc) is 2.56. The van der Waals surface area contributed by atoms with Crippen molar-refractivity contribution < 1.29 is 14.6 Å². The molecule has 4 N–H and O–H groups in total. The molecule has 0 bridgehead atoms. The summed E-state index contributed by atoms with van der Waals surface area (Å²) in [6, 6.07) is 8.55. The van der Waals surface area contributed by atoms with E-state index in [0.29, 0.717) is 5.88 Å². The van der Waals surface area contributed by atoms with Crippen LogP contribution in [0.15, 0.2) is 36.5 Å². The lowest BCUT2D eigenvalue weighted by Gasteiger charge is -2.15. The van der Waals surface area contributed by atoms with Crippen molar-refractivity contribution in [1.29, 1.82) is 0 Å². The number of aliphatic hydroxyl groups is 1. The Bertz CT molecular complexity index is 668. The van der Waals surface area contributed by atoms with E-state index in [1.54, 1.807) is 12.3 Å². The van der Waals surface area contributed by atoms with Crippen LogP contribution in [0.4, 0.5) is 0 Å². The lowest BCUT2D eigenvalue weighted by molar-refractivity contribution is -0.123. The molecule has 2 rings (SSSR count). The molecular formula is C17H21N3O3. The Labute approximate surface area is 135 Å². The van der Waals surface area contributed by atoms with Gasteiger partial charge in [0, 0.05) is 18.3 Å². The summed E-state index contributed by atoms with van der Waals surface area (Å²) < 4.78 is 5.95. The van der Waals surface area contributed by atoms with Crippen molar-refractivity contribution in [1.82, 2.24) is 10.3 Å². The van der Waals surface area contributed by atoms with Gasteiger partial charge in [0.15, 0.2) is 0 Å². The van der Waals surface area contributed by atoms with Crippen LogP contribution in [0, 0.1) is 13.8 Å². The maximum Gasteiger partial charge on any atom is 0.239 e. The van der Waals surface area contributed by atoms with Crippen molar-refractivity contribution in [2.75, 3.05) is 6.61 Å². The SMILES string of the molecule is Cc1cccc(C)c1Oc1ncccc1CNC(=O)[C@@H](N)CO. The van der Waals surface area contributed by atoms with E-state index in [9.17, 15) is 4.79 Å². The summed E-state index contributed by atoms with van der Waals surface area (Å²) in [6.45, 7) is 3.76. The van der Waals surface area contributed by atoms with Crippen molar-refractivity contribution in [3.8, 4) is 11.6 Å². The first-order valence-electron chi connectivity index (χ1n) is 7.35. The maximum absolute atomic E-state index is 11.7. The van der Waals surface area contributed by atoms with Crippen LogP contribution in [0.25, 0.3) is 0 Å². The van der Waals surface area contributed by atoms with Crippen molar-refractivity contribution in [2.45, 2.75) is 26.4 Å². The molecule has 1 aromatic carbocycles. The van der Waals surface area contributed by atoms with Gasteiger partial charge in [-0.05, 0) is 31.0 Å². The number of rotatable bonds is 6. The van der Waals surface area contributed by atoms with Gasteiger partial charge in [-0.3, -0.25) is 4.79 Å². The van der Waals surface area contributed by atoms with Gasteiger partial charge in [-0.25, -0.2) is 4.98 Å². The molecule has 1 amide bonds. The molecule has 0 aliphatic heterocycles. The van der Waals surface area contributed by atoms with Gasteiger partial charge in [-0.1, -0.05) is 24.3 Å². The second-order valence-corrected chi connectivity index (χ2v) is 5.30. The van der Waals surface area contributed by atoms with Crippen molar-refractivity contribution in [3.63, 3.8) is 0 Å². The first-order valence-corrected chi connectivity index (χ1v) is 7.35. The Balaban J connectivity index is 2.16. The molecule has 122 valence electrons. The molecule has 0 radical (unpaired) electrons. The minimum Gasteiger partial charge on any atom is -0.438 e. The van der Waals surface area contributed by atoms with Gasteiger partial charge < -0.3 is 20.9 Å². The Hall–Kier alpha value is -2.44. The average molecular weight is 315 g/mol. The molecule has 6 heteroatoms. The number of carbonyl (C=O) groups excluding carboxylic acids is 1. The van der Waals surface area contributed by atoms with Gasteiger partial charge in [0.1, 0.15) is 11.8 Å². The molecular weight excluding hydrogens is 294 g/mol. The van der Waals surface area contributed by atoms with Crippen LogP contribution < -0.4 is 15.8 Å². The van der Waals surface area contributed by atoms with Crippen LogP contribution in [0.3, 0.4) is 0 Å². The molecule has 0 unspecified atom stereocenters. The van der Waals surface area contributed by atoms with Crippen LogP contribution in [-0.4, -0.2) is 28.6 Å². The van der Waals surface area contributed by atoms with E-state index in [2.05, 4.69) is 10.3 Å². The third kappa shape index (κ3) is 4.28. The molecule has 0 aliphatic rings. The second-order valence-electron chi connectivity index (χ2n) is 5.30. The highest BCUT2D eigenvalue weighted by Crippen LogP contribution is 2.29. The van der Waals surface area contributed by atoms with Crippen LogP contribution >= 0.6 is 0 Å². The van der Waals surface area contributed by atoms with E-state index in [1.807, 2.05) is 38.1 Å². The normalized spacial score (nSPS) is 11.8. The van der Waals surface area contributed by atoms with E-state index in [0.717, 1.165) is 22.4 Å². The zero-order valence-corrected chi connectivity index (χ0v) is 13.2. The highest BCUT2D eigenvalue weighted by atomic mass is 16.5. The number of aliphatic hydroxyl groups excluding tert-OH is 1. The number of pyridine rings is 1. The predicted octanol–water partition coefficient (Wildman–Crippen LogP) is 1.43. The zero-order chi connectivity index (χ0) is 16.8. The zero-order valence-electron chi connectivity index (χ0n) is 13.2. The fourth-order valence-corrected chi connectivity index (χ4v) is 2.10. The van der Waals surface area contributed by atoms with E-state index < -0.39 is 18.6 Å². The van der Waals surface area contributed by atoms with Gasteiger partial charge in [0.2, 0.25) is 11.8 Å². The second kappa shape index (κ2) is 7.71. The molecule has 0 fully saturated rings. The number of aryl methyl sites for hydroxylation is 2. The lowest BCUT2D eigenvalue weighted by Crippen LogP contribution is -2.42. The van der Waals surface area contributed by atoms with Crippen molar-refractivity contribution in [2.24, 2.45) is 5.73 Å². The summed E-state index contributed by atoms with van der Waals surface area (Å²) >= 11 is 0. The number of hydrogen-bond acceptors (Lipinski definition) is 5. The number of nitrogens with one attached hydrogen (secondary N) is 1. The van der Waals surface area contributed by atoms with E-state index in [4.69, 9.17) is 15.6 Å². The number of para-hydroxylation sites is 1. The van der Waals surface area contributed by atoms with Crippen LogP contribution in [0.2, 0.25) is 0 Å². The van der Waals surface area contributed by atoms with Crippen LogP contribution in [0.1, 0.15) is 16.7 Å². The smallest absolute Gasteiger partial charge is 0.239 e. The fourth-order valence-electron chi connectivity index (χ4n) is 2.10. The summed E-state index contributed by atoms with van der Waals surface area (Å²) in [7, 11) is 0. The number of hydrogen-bond donors (Lipinski definition) is 3. The van der Waals surface area contributed by atoms with Crippen LogP contribution in [-0.2, 0) is 11.3 Å². The van der Waals surface area contributed by atoms with Crippen molar-refractivity contribution >= 4 is 5.91 Å². The standard InChI is InChI=1S/C17H21N3O3/c1-11-5-3-6-12(2)15(11)23-17-13(7-4-8-19-17)9-20-16(22)14(18)10-21/h3-8,14,21H,9-10,18H2,1-2H3,(H,20,22)/t14-/m0/s1. The highest BCUT2D eigenvalue weighted by Gasteiger charge is 2.14. The van der Waals surface area contributed by atoms with Gasteiger partial charge in [-0.15, -0.1) is 0 Å². The summed E-state index contributed by atoms with van der Waals surface area (Å²) in [5, 5.41) is 11.6. The third-order valence-corrected chi connectivity index (χ3v) is 3.44. The Morgan fingerprint density at radius 1 is 1.30 bits per heavy atom. The van der Waals surface area contributed by atoms with Gasteiger partial charge in [0.25, 0.3) is 0 Å². The molecule has 0 saturated carbocycles. The first-order chi connectivity index (χ1) is 11.0. The lowest BCUT2D eigenvalue weighted by atomic mass is 10.1. The van der Waals surface area contributed by atoms with E-state index >= 15 is 0 Å². The molecule has 1 atom stereocenters. The van der Waals surface area contributed by atoms with E-state index in [-0.39, 0.29) is 6.54 Å². The van der Waals surface area contributed by atoms with Gasteiger partial charge in [0.05, 0.1) is 6.61 Å². The number of benzene rings is 1. The molecule has 2 aromatic rings. The maximum atomic E-state index is 11.7. The number of aromatic nitrogens is 1. The number of nitrogens with zero attached hydrogens (tertiary/aromatic N) is 1. The van der Waals surface area contributed by atoms with Crippen LogP contribution in [0.5, 0.6) is 11.6 Å². The Morgan fingerprint density at radius 2 is 2.00 bits per heavy atom. The van der Waals surface area contributed by atoms with Gasteiger partial charge >= 0.3 is 0 Å². The number of ether oxygens (including phenoxy) is 1. The molecule has 1 heterocycles. The monoisotopic (exact) mass is 315 g/mol. The molecule has 0 spiro atoms. The predicted molar refractivity (Wildman–Crippen MR) is 87.1 cm³/mol. The van der Waals surface area contributed by atoms with E-state index in [1.165, 1.54) is 0 Å². The summed E-state index contributed by atoms with van der Waals surface area (Å²) in [5.41, 5.74) is 8.22. The summed E-state index contributed by atoms with van der Waals surface area (Å²) in [6.07, 6.45) is 1.63. The minimum atomic E-state index is -0.936.